The molecule has 0 saturated carbocycles. The molecule has 1 aliphatic heterocycles. The Labute approximate surface area is 167 Å². The third kappa shape index (κ3) is 2.90. The molecule has 1 aromatic heterocycles. The zero-order valence-corrected chi connectivity index (χ0v) is 19.2. The van der Waals surface area contributed by atoms with Crippen LogP contribution in [0.2, 0.25) is 17.3 Å². The molecule has 3 aromatic carbocycles. The SMILES string of the molecule is Cc1c2c(cc3ccccc13)-c1nccc3cc([CH2][Ge]([CH3])([CH3])[CH3])cc(c13)S2. The number of rotatable bonds is 2. The molecule has 5 rings (SSSR count). The number of hydrogen-bond donors (Lipinski definition) is 0. The monoisotopic (exact) mass is 431 g/mol. The summed E-state index contributed by atoms with van der Waals surface area (Å²) < 4.78 is 0. The second-order valence-corrected chi connectivity index (χ2v) is 21.3. The average molecular weight is 430 g/mol. The molecule has 0 amide bonds. The molecule has 2 heterocycles. The summed E-state index contributed by atoms with van der Waals surface area (Å²) in [5.41, 5.74) is 5.30. The Balaban J connectivity index is 1.81. The van der Waals surface area contributed by atoms with E-state index in [0.717, 1.165) is 5.69 Å². The van der Waals surface area contributed by atoms with E-state index < -0.39 is 13.3 Å². The van der Waals surface area contributed by atoms with Gasteiger partial charge in [-0.15, -0.1) is 0 Å². The molecule has 3 heteroatoms. The molecule has 27 heavy (non-hydrogen) atoms. The number of benzene rings is 3. The number of aryl methyl sites for hydroxylation is 1. The van der Waals surface area contributed by atoms with Gasteiger partial charge in [0.15, 0.2) is 0 Å². The fraction of sp³-hybridized carbons (Fsp3) is 0.208. The van der Waals surface area contributed by atoms with Crippen LogP contribution in [0.25, 0.3) is 32.8 Å². The molecule has 0 atom stereocenters. The van der Waals surface area contributed by atoms with Gasteiger partial charge in [0, 0.05) is 0 Å². The molecule has 4 aromatic rings. The van der Waals surface area contributed by atoms with E-state index in [-0.39, 0.29) is 0 Å². The Hall–Kier alpha value is -1.78. The molecule has 0 spiro atoms. The average Bonchev–Trinajstić information content (AvgIpc) is 2.62. The topological polar surface area (TPSA) is 12.9 Å². The molecule has 1 aliphatic rings. The van der Waals surface area contributed by atoms with Crippen LogP contribution in [-0.4, -0.2) is 18.3 Å². The van der Waals surface area contributed by atoms with Gasteiger partial charge in [0.05, 0.1) is 0 Å². The normalized spacial score (nSPS) is 13.2. The summed E-state index contributed by atoms with van der Waals surface area (Å²) in [5.74, 6) is 7.48. The minimum absolute atomic E-state index is 1.15. The van der Waals surface area contributed by atoms with E-state index in [1.807, 2.05) is 18.0 Å². The molecule has 0 aliphatic carbocycles. The van der Waals surface area contributed by atoms with Crippen molar-refractivity contribution in [2.24, 2.45) is 0 Å². The molecule has 0 saturated heterocycles. The van der Waals surface area contributed by atoms with E-state index in [4.69, 9.17) is 4.98 Å². The Kier molecular flexibility index (Phi) is 3.92. The summed E-state index contributed by atoms with van der Waals surface area (Å²) in [5, 5.41) is 6.58. The number of hydrogen-bond acceptors (Lipinski definition) is 2. The van der Waals surface area contributed by atoms with Gasteiger partial charge < -0.3 is 0 Å². The third-order valence-corrected chi connectivity index (χ3v) is 9.69. The first-order valence-corrected chi connectivity index (χ1v) is 18.1. The Bertz CT molecular complexity index is 1220. The van der Waals surface area contributed by atoms with Gasteiger partial charge in [-0.2, -0.15) is 0 Å². The minimum atomic E-state index is -1.66. The van der Waals surface area contributed by atoms with Gasteiger partial charge in [-0.3, -0.25) is 0 Å². The van der Waals surface area contributed by atoms with Gasteiger partial charge in [-0.25, -0.2) is 0 Å². The molecular formula is C24H23GeNS. The molecule has 134 valence electrons. The van der Waals surface area contributed by atoms with Gasteiger partial charge in [-0.1, -0.05) is 0 Å². The van der Waals surface area contributed by atoms with Gasteiger partial charge in [0.25, 0.3) is 0 Å². The predicted octanol–water partition coefficient (Wildman–Crippen LogP) is 7.25. The van der Waals surface area contributed by atoms with Crippen LogP contribution in [0.15, 0.2) is 64.5 Å². The first kappa shape index (κ1) is 17.3. The Morgan fingerprint density at radius 3 is 2.59 bits per heavy atom. The second-order valence-electron chi connectivity index (χ2n) is 8.79. The van der Waals surface area contributed by atoms with Crippen molar-refractivity contribution >= 4 is 46.6 Å². The van der Waals surface area contributed by atoms with Gasteiger partial charge in [-0.05, 0) is 0 Å². The van der Waals surface area contributed by atoms with Crippen molar-refractivity contribution in [2.75, 3.05) is 0 Å². The zero-order valence-electron chi connectivity index (χ0n) is 16.3. The first-order chi connectivity index (χ1) is 12.9. The molecule has 0 radical (unpaired) electrons. The van der Waals surface area contributed by atoms with Crippen LogP contribution < -0.4 is 0 Å². The summed E-state index contributed by atoms with van der Waals surface area (Å²) in [4.78, 5) is 7.58. The van der Waals surface area contributed by atoms with Crippen molar-refractivity contribution in [1.82, 2.24) is 4.98 Å². The molecular weight excluding hydrogens is 407 g/mol. The first-order valence-electron chi connectivity index (χ1n) is 9.53. The fourth-order valence-electron chi connectivity index (χ4n) is 4.26. The number of pyridine rings is 1. The number of fused-ring (bicyclic) bond motifs is 3. The number of aromatic nitrogens is 1. The van der Waals surface area contributed by atoms with Crippen LogP contribution >= 0.6 is 11.8 Å². The van der Waals surface area contributed by atoms with E-state index in [2.05, 4.69) is 72.7 Å². The second kappa shape index (κ2) is 6.11. The maximum atomic E-state index is 4.83. The van der Waals surface area contributed by atoms with Gasteiger partial charge in [0.2, 0.25) is 0 Å². The zero-order chi connectivity index (χ0) is 18.8. The Morgan fingerprint density at radius 2 is 1.78 bits per heavy atom. The van der Waals surface area contributed by atoms with Crippen molar-refractivity contribution in [1.29, 1.82) is 0 Å². The van der Waals surface area contributed by atoms with Crippen LogP contribution in [0, 0.1) is 6.92 Å². The van der Waals surface area contributed by atoms with Crippen molar-refractivity contribution in [3.05, 3.63) is 65.9 Å². The van der Waals surface area contributed by atoms with Crippen molar-refractivity contribution < 1.29 is 0 Å². The van der Waals surface area contributed by atoms with E-state index in [0.29, 0.717) is 0 Å². The number of nitrogens with zero attached hydrogens (tertiary/aromatic N) is 1. The standard InChI is InChI=1S/C24H23GeNS/c1-15-19-8-6-5-7-17(19)13-20-23-22-18(9-10-26-23)11-16(14-25(2,3)4)12-21(22)27-24(15)20/h5-13H,14H2,1-4H3. The summed E-state index contributed by atoms with van der Waals surface area (Å²) in [6.07, 6.45) is 1.98. The summed E-state index contributed by atoms with van der Waals surface area (Å²) in [6.45, 7) is 2.26. The molecule has 0 N–H and O–H groups in total. The van der Waals surface area contributed by atoms with Crippen LogP contribution in [0.1, 0.15) is 11.1 Å². The van der Waals surface area contributed by atoms with E-state index in [1.165, 1.54) is 53.3 Å². The van der Waals surface area contributed by atoms with Crippen LogP contribution in [0.3, 0.4) is 0 Å². The maximum absolute atomic E-state index is 4.83. The summed E-state index contributed by atoms with van der Waals surface area (Å²) in [6, 6.07) is 18.0. The molecule has 0 unspecified atom stereocenters. The van der Waals surface area contributed by atoms with Crippen LogP contribution in [0.5, 0.6) is 0 Å². The van der Waals surface area contributed by atoms with E-state index >= 15 is 0 Å². The van der Waals surface area contributed by atoms with Gasteiger partial charge >= 0.3 is 168 Å². The van der Waals surface area contributed by atoms with Crippen LogP contribution in [-0.2, 0) is 5.25 Å². The van der Waals surface area contributed by atoms with Crippen molar-refractivity contribution in [2.45, 2.75) is 39.2 Å². The van der Waals surface area contributed by atoms with Gasteiger partial charge in [0.1, 0.15) is 0 Å². The van der Waals surface area contributed by atoms with E-state index in [1.54, 1.807) is 0 Å². The third-order valence-electron chi connectivity index (χ3n) is 5.34. The molecule has 0 fully saturated rings. The Morgan fingerprint density at radius 1 is 0.963 bits per heavy atom. The van der Waals surface area contributed by atoms with Crippen molar-refractivity contribution in [3.8, 4) is 11.3 Å². The quantitative estimate of drug-likeness (QED) is 0.274. The predicted molar refractivity (Wildman–Crippen MR) is 121 cm³/mol. The fourth-order valence-corrected chi connectivity index (χ4v) is 8.54. The van der Waals surface area contributed by atoms with E-state index in [9.17, 15) is 0 Å². The van der Waals surface area contributed by atoms with Crippen molar-refractivity contribution in [3.63, 3.8) is 0 Å². The summed E-state index contributed by atoms with van der Waals surface area (Å²) >= 11 is 0.274. The molecule has 1 nitrogen and oxygen atoms in total. The van der Waals surface area contributed by atoms with Crippen LogP contribution in [0.4, 0.5) is 0 Å². The summed E-state index contributed by atoms with van der Waals surface area (Å²) in [7, 11) is 0. The molecule has 0 bridgehead atoms.